The van der Waals surface area contributed by atoms with Crippen molar-refractivity contribution in [3.05, 3.63) is 16.1 Å². The summed E-state index contributed by atoms with van der Waals surface area (Å²) in [6.07, 6.45) is 0.696. The highest BCUT2D eigenvalue weighted by atomic mass is 32.1. The number of hydrogen-bond acceptors (Lipinski definition) is 4. The van der Waals surface area contributed by atoms with E-state index in [2.05, 4.69) is 10.3 Å². The van der Waals surface area contributed by atoms with Crippen molar-refractivity contribution in [2.45, 2.75) is 20.3 Å². The molecular formula is C13H19N3O3S. The summed E-state index contributed by atoms with van der Waals surface area (Å²) in [7, 11) is 0. The summed E-state index contributed by atoms with van der Waals surface area (Å²) in [5.41, 5.74) is 0.978. The Balaban J connectivity index is 1.77. The van der Waals surface area contributed by atoms with Crippen LogP contribution in [0, 0.1) is 18.8 Å². The van der Waals surface area contributed by atoms with Crippen molar-refractivity contribution in [1.29, 1.82) is 0 Å². The van der Waals surface area contributed by atoms with Crippen LogP contribution < -0.4 is 5.32 Å². The molecule has 1 saturated heterocycles. The Hall–Kier alpha value is -1.63. The summed E-state index contributed by atoms with van der Waals surface area (Å²) in [4.78, 5) is 28.9. The SMILES string of the molecule is Cc1nc(CCNC(=O)N2C[C@@H](C)[C@H](C(=O)O)C2)cs1. The molecule has 2 amide bonds. The van der Waals surface area contributed by atoms with E-state index in [1.807, 2.05) is 19.2 Å². The van der Waals surface area contributed by atoms with Gasteiger partial charge in [0, 0.05) is 31.4 Å². The molecule has 2 heterocycles. The molecule has 2 atom stereocenters. The molecule has 2 rings (SSSR count). The number of carbonyl (C=O) groups is 2. The first kappa shape index (κ1) is 14.8. The number of aromatic nitrogens is 1. The van der Waals surface area contributed by atoms with Gasteiger partial charge >= 0.3 is 12.0 Å². The van der Waals surface area contributed by atoms with Crippen LogP contribution in [0.1, 0.15) is 17.6 Å². The van der Waals surface area contributed by atoms with E-state index in [0.29, 0.717) is 19.5 Å². The minimum atomic E-state index is -0.828. The van der Waals surface area contributed by atoms with Crippen LogP contribution in [-0.2, 0) is 11.2 Å². The maximum atomic E-state index is 12.0. The number of aliphatic carboxylic acids is 1. The third-order valence-electron chi connectivity index (χ3n) is 3.54. The van der Waals surface area contributed by atoms with Crippen LogP contribution >= 0.6 is 11.3 Å². The molecule has 0 aromatic carbocycles. The average Bonchev–Trinajstić information content (AvgIpc) is 2.95. The summed E-state index contributed by atoms with van der Waals surface area (Å²) in [5.74, 6) is -1.29. The Kier molecular flexibility index (Phi) is 4.59. The van der Waals surface area contributed by atoms with Crippen LogP contribution in [0.15, 0.2) is 5.38 Å². The van der Waals surface area contributed by atoms with Crippen LogP contribution in [0.25, 0.3) is 0 Å². The smallest absolute Gasteiger partial charge is 0.317 e. The van der Waals surface area contributed by atoms with Gasteiger partial charge in [-0.3, -0.25) is 4.79 Å². The molecule has 2 N–H and O–H groups in total. The van der Waals surface area contributed by atoms with Crippen molar-refractivity contribution < 1.29 is 14.7 Å². The van der Waals surface area contributed by atoms with E-state index in [4.69, 9.17) is 5.11 Å². The predicted octanol–water partition coefficient (Wildman–Crippen LogP) is 1.36. The lowest BCUT2D eigenvalue weighted by Gasteiger charge is -2.16. The van der Waals surface area contributed by atoms with Gasteiger partial charge in [-0.05, 0) is 12.8 Å². The molecule has 1 fully saturated rings. The van der Waals surface area contributed by atoms with Crippen molar-refractivity contribution >= 4 is 23.3 Å². The highest BCUT2D eigenvalue weighted by Gasteiger charge is 2.36. The van der Waals surface area contributed by atoms with Crippen LogP contribution in [-0.4, -0.2) is 46.6 Å². The van der Waals surface area contributed by atoms with Crippen LogP contribution in [0.5, 0.6) is 0 Å². The molecule has 1 aliphatic heterocycles. The molecule has 0 radical (unpaired) electrons. The number of carbonyl (C=O) groups excluding carboxylic acids is 1. The van der Waals surface area contributed by atoms with Gasteiger partial charge in [-0.15, -0.1) is 11.3 Å². The molecule has 110 valence electrons. The first-order valence-corrected chi connectivity index (χ1v) is 7.52. The third-order valence-corrected chi connectivity index (χ3v) is 4.36. The monoisotopic (exact) mass is 297 g/mol. The van der Waals surface area contributed by atoms with Crippen molar-refractivity contribution in [2.75, 3.05) is 19.6 Å². The first-order chi connectivity index (χ1) is 9.47. The number of nitrogens with one attached hydrogen (secondary N) is 1. The van der Waals surface area contributed by atoms with E-state index in [-0.39, 0.29) is 18.5 Å². The van der Waals surface area contributed by atoms with Crippen LogP contribution in [0.3, 0.4) is 0 Å². The molecule has 1 aromatic heterocycles. The van der Waals surface area contributed by atoms with Crippen molar-refractivity contribution in [2.24, 2.45) is 11.8 Å². The average molecular weight is 297 g/mol. The number of carboxylic acids is 1. The van der Waals surface area contributed by atoms with E-state index in [1.165, 1.54) is 0 Å². The predicted molar refractivity (Wildman–Crippen MR) is 75.8 cm³/mol. The Morgan fingerprint density at radius 1 is 1.55 bits per heavy atom. The van der Waals surface area contributed by atoms with Crippen LogP contribution in [0.4, 0.5) is 4.79 Å². The second-order valence-electron chi connectivity index (χ2n) is 5.17. The number of nitrogens with zero attached hydrogens (tertiary/aromatic N) is 2. The summed E-state index contributed by atoms with van der Waals surface area (Å²) in [5, 5.41) is 14.9. The molecule has 20 heavy (non-hydrogen) atoms. The zero-order valence-corrected chi connectivity index (χ0v) is 12.4. The number of amides is 2. The van der Waals surface area contributed by atoms with E-state index in [1.54, 1.807) is 16.2 Å². The summed E-state index contributed by atoms with van der Waals surface area (Å²) in [6.45, 7) is 5.12. The maximum Gasteiger partial charge on any atom is 0.317 e. The van der Waals surface area contributed by atoms with Gasteiger partial charge in [0.25, 0.3) is 0 Å². The molecule has 0 saturated carbocycles. The normalized spacial score (nSPS) is 22.0. The third kappa shape index (κ3) is 3.47. The Morgan fingerprint density at radius 3 is 2.85 bits per heavy atom. The van der Waals surface area contributed by atoms with Gasteiger partial charge < -0.3 is 15.3 Å². The van der Waals surface area contributed by atoms with Gasteiger partial charge in [0.2, 0.25) is 0 Å². The van der Waals surface area contributed by atoms with Gasteiger partial charge in [-0.1, -0.05) is 6.92 Å². The Bertz CT molecular complexity index is 503. The number of rotatable bonds is 4. The number of thiazole rings is 1. The zero-order chi connectivity index (χ0) is 14.7. The fourth-order valence-corrected chi connectivity index (χ4v) is 3.03. The van der Waals surface area contributed by atoms with Crippen LogP contribution in [0.2, 0.25) is 0 Å². The van der Waals surface area contributed by atoms with Crippen molar-refractivity contribution in [3.8, 4) is 0 Å². The number of hydrogen-bond donors (Lipinski definition) is 2. The zero-order valence-electron chi connectivity index (χ0n) is 11.6. The van der Waals surface area contributed by atoms with E-state index < -0.39 is 11.9 Å². The maximum absolute atomic E-state index is 12.0. The Labute approximate surface area is 121 Å². The molecule has 0 spiro atoms. The first-order valence-electron chi connectivity index (χ1n) is 6.64. The minimum absolute atomic E-state index is 0.000519. The fraction of sp³-hybridized carbons (Fsp3) is 0.615. The lowest BCUT2D eigenvalue weighted by molar-refractivity contribution is -0.142. The molecule has 6 nitrogen and oxygen atoms in total. The van der Waals surface area contributed by atoms with Gasteiger partial charge in [0.05, 0.1) is 16.6 Å². The standard InChI is InChI=1S/C13H19N3O3S/c1-8-5-16(6-11(8)12(17)18)13(19)14-4-3-10-7-20-9(2)15-10/h7-8,11H,3-6H2,1-2H3,(H,14,19)(H,17,18)/t8-,11-/m1/s1. The minimum Gasteiger partial charge on any atom is -0.481 e. The summed E-state index contributed by atoms with van der Waals surface area (Å²) in [6, 6.07) is -0.187. The fourth-order valence-electron chi connectivity index (χ4n) is 2.39. The number of carboxylic acid groups (broad SMARTS) is 1. The van der Waals surface area contributed by atoms with Crippen molar-refractivity contribution in [3.63, 3.8) is 0 Å². The lowest BCUT2D eigenvalue weighted by Crippen LogP contribution is -2.39. The number of likely N-dealkylation sites (tertiary alicyclic amines) is 1. The summed E-state index contributed by atoms with van der Waals surface area (Å²) < 4.78 is 0. The molecule has 1 aromatic rings. The second-order valence-corrected chi connectivity index (χ2v) is 6.23. The van der Waals surface area contributed by atoms with Gasteiger partial charge in [-0.2, -0.15) is 0 Å². The highest BCUT2D eigenvalue weighted by molar-refractivity contribution is 7.09. The van der Waals surface area contributed by atoms with E-state index in [9.17, 15) is 9.59 Å². The van der Waals surface area contributed by atoms with Crippen molar-refractivity contribution in [1.82, 2.24) is 15.2 Å². The topological polar surface area (TPSA) is 82.5 Å². The summed E-state index contributed by atoms with van der Waals surface area (Å²) >= 11 is 1.59. The van der Waals surface area contributed by atoms with Gasteiger partial charge in [0.15, 0.2) is 0 Å². The van der Waals surface area contributed by atoms with E-state index in [0.717, 1.165) is 10.7 Å². The van der Waals surface area contributed by atoms with E-state index >= 15 is 0 Å². The molecule has 0 aliphatic carbocycles. The largest absolute Gasteiger partial charge is 0.481 e. The second kappa shape index (κ2) is 6.21. The highest BCUT2D eigenvalue weighted by Crippen LogP contribution is 2.22. The van der Waals surface area contributed by atoms with Gasteiger partial charge in [0.1, 0.15) is 0 Å². The quantitative estimate of drug-likeness (QED) is 0.879. The molecule has 0 unspecified atom stereocenters. The molecule has 7 heteroatoms. The molecular weight excluding hydrogens is 278 g/mol. The molecule has 0 bridgehead atoms. The lowest BCUT2D eigenvalue weighted by atomic mass is 9.99. The molecule has 1 aliphatic rings. The Morgan fingerprint density at radius 2 is 2.30 bits per heavy atom. The number of aryl methyl sites for hydroxylation is 1. The number of urea groups is 1. The van der Waals surface area contributed by atoms with Gasteiger partial charge in [-0.25, -0.2) is 9.78 Å².